The molecule has 0 saturated carbocycles. The van der Waals surface area contributed by atoms with Crippen molar-refractivity contribution in [2.45, 2.75) is 25.8 Å². The first-order chi connectivity index (χ1) is 12.5. The number of nitrogens with zero attached hydrogens (tertiary/aromatic N) is 3. The predicted octanol–water partition coefficient (Wildman–Crippen LogP) is 2.07. The van der Waals surface area contributed by atoms with Gasteiger partial charge in [0.25, 0.3) is 11.8 Å². The van der Waals surface area contributed by atoms with Crippen molar-refractivity contribution < 1.29 is 9.59 Å². The number of amides is 2. The minimum Gasteiger partial charge on any atom is -0.345 e. The molecule has 1 aromatic heterocycles. The zero-order valence-corrected chi connectivity index (χ0v) is 15.5. The normalized spacial score (nSPS) is 17.0. The van der Waals surface area contributed by atoms with Gasteiger partial charge in [-0.2, -0.15) is 5.10 Å². The first kappa shape index (κ1) is 18.1. The van der Waals surface area contributed by atoms with E-state index >= 15 is 0 Å². The van der Waals surface area contributed by atoms with Gasteiger partial charge in [-0.05, 0) is 50.1 Å². The van der Waals surface area contributed by atoms with Crippen LogP contribution >= 0.6 is 0 Å². The van der Waals surface area contributed by atoms with Crippen molar-refractivity contribution in [2.75, 3.05) is 32.5 Å². The average molecular weight is 355 g/mol. The van der Waals surface area contributed by atoms with E-state index in [9.17, 15) is 9.59 Å². The Morgan fingerprint density at radius 1 is 1.31 bits per heavy atom. The van der Waals surface area contributed by atoms with Crippen molar-refractivity contribution >= 4 is 17.5 Å². The van der Waals surface area contributed by atoms with Crippen LogP contribution in [0.25, 0.3) is 0 Å². The second-order valence-corrected chi connectivity index (χ2v) is 6.86. The van der Waals surface area contributed by atoms with E-state index in [2.05, 4.69) is 15.7 Å². The van der Waals surface area contributed by atoms with E-state index < -0.39 is 0 Å². The fourth-order valence-corrected chi connectivity index (χ4v) is 3.06. The Morgan fingerprint density at radius 3 is 2.81 bits per heavy atom. The van der Waals surface area contributed by atoms with Gasteiger partial charge in [0.2, 0.25) is 0 Å². The number of benzene rings is 1. The molecule has 2 N–H and O–H groups in total. The van der Waals surface area contributed by atoms with E-state index in [1.54, 1.807) is 32.3 Å². The van der Waals surface area contributed by atoms with Crippen molar-refractivity contribution in [2.24, 2.45) is 0 Å². The highest BCUT2D eigenvalue weighted by Crippen LogP contribution is 2.20. The molecule has 2 amide bonds. The third-order valence-corrected chi connectivity index (χ3v) is 4.62. The SMILES string of the molecule is Cc1ccc(C(=O)N(C)C)cc1NC(=O)c1ccn(C2CCCNC2)n1. The maximum Gasteiger partial charge on any atom is 0.276 e. The molecule has 1 aromatic carbocycles. The smallest absolute Gasteiger partial charge is 0.276 e. The zero-order valence-electron chi connectivity index (χ0n) is 15.5. The first-order valence-corrected chi connectivity index (χ1v) is 8.85. The van der Waals surface area contributed by atoms with Crippen LogP contribution in [0.1, 0.15) is 45.3 Å². The van der Waals surface area contributed by atoms with Gasteiger partial charge in [0, 0.05) is 38.1 Å². The second kappa shape index (κ2) is 7.70. The highest BCUT2D eigenvalue weighted by atomic mass is 16.2. The summed E-state index contributed by atoms with van der Waals surface area (Å²) in [6, 6.07) is 7.32. The lowest BCUT2D eigenvalue weighted by molar-refractivity contribution is 0.0827. The van der Waals surface area contributed by atoms with Gasteiger partial charge in [-0.3, -0.25) is 14.3 Å². The van der Waals surface area contributed by atoms with E-state index in [-0.39, 0.29) is 17.9 Å². The molecule has 0 aliphatic carbocycles. The highest BCUT2D eigenvalue weighted by Gasteiger charge is 2.18. The number of hydrogen-bond acceptors (Lipinski definition) is 4. The number of carbonyl (C=O) groups excluding carboxylic acids is 2. The van der Waals surface area contributed by atoms with Gasteiger partial charge >= 0.3 is 0 Å². The molecule has 1 unspecified atom stereocenters. The van der Waals surface area contributed by atoms with Crippen LogP contribution in [0.5, 0.6) is 0 Å². The van der Waals surface area contributed by atoms with Crippen molar-refractivity contribution in [3.8, 4) is 0 Å². The standard InChI is InChI=1S/C19H25N5O2/c1-13-6-7-14(19(26)23(2)3)11-17(13)21-18(25)16-8-10-24(22-16)15-5-4-9-20-12-15/h6-8,10-11,15,20H,4-5,9,12H2,1-3H3,(H,21,25). The molecule has 3 rings (SSSR count). The van der Waals surface area contributed by atoms with Gasteiger partial charge in [0.05, 0.1) is 6.04 Å². The van der Waals surface area contributed by atoms with E-state index in [1.165, 1.54) is 4.90 Å². The van der Waals surface area contributed by atoms with E-state index in [4.69, 9.17) is 0 Å². The summed E-state index contributed by atoms with van der Waals surface area (Å²) in [6.07, 6.45) is 4.02. The molecule has 0 radical (unpaired) electrons. The molecule has 1 aliphatic heterocycles. The van der Waals surface area contributed by atoms with Crippen molar-refractivity contribution in [3.63, 3.8) is 0 Å². The number of carbonyl (C=O) groups is 2. The maximum atomic E-state index is 12.6. The first-order valence-electron chi connectivity index (χ1n) is 8.85. The van der Waals surface area contributed by atoms with Gasteiger partial charge in [0.15, 0.2) is 5.69 Å². The number of piperidine rings is 1. The maximum absolute atomic E-state index is 12.6. The summed E-state index contributed by atoms with van der Waals surface area (Å²) in [5, 5.41) is 10.7. The summed E-state index contributed by atoms with van der Waals surface area (Å²) < 4.78 is 1.86. The molecule has 0 spiro atoms. The summed E-state index contributed by atoms with van der Waals surface area (Å²) in [6.45, 7) is 3.80. The predicted molar refractivity (Wildman–Crippen MR) is 101 cm³/mol. The number of aromatic nitrogens is 2. The lowest BCUT2D eigenvalue weighted by Crippen LogP contribution is -2.32. The molecule has 0 bridgehead atoms. The van der Waals surface area contributed by atoms with Crippen LogP contribution < -0.4 is 10.6 Å². The summed E-state index contributed by atoms with van der Waals surface area (Å²) in [5.41, 5.74) is 2.43. The Hall–Kier alpha value is -2.67. The third-order valence-electron chi connectivity index (χ3n) is 4.62. The Labute approximate surface area is 153 Å². The van der Waals surface area contributed by atoms with E-state index in [0.717, 1.165) is 31.5 Å². The van der Waals surface area contributed by atoms with Gasteiger partial charge in [-0.1, -0.05) is 6.07 Å². The molecule has 1 fully saturated rings. The van der Waals surface area contributed by atoms with E-state index in [1.807, 2.05) is 23.9 Å². The molecular formula is C19H25N5O2. The number of rotatable bonds is 4. The zero-order chi connectivity index (χ0) is 18.7. The average Bonchev–Trinajstić information content (AvgIpc) is 3.14. The molecule has 1 saturated heterocycles. The second-order valence-electron chi connectivity index (χ2n) is 6.86. The topological polar surface area (TPSA) is 79.3 Å². The minimum absolute atomic E-state index is 0.102. The molecule has 138 valence electrons. The monoisotopic (exact) mass is 355 g/mol. The molecule has 26 heavy (non-hydrogen) atoms. The highest BCUT2D eigenvalue weighted by molar-refractivity contribution is 6.04. The summed E-state index contributed by atoms with van der Waals surface area (Å²) in [4.78, 5) is 26.2. The Kier molecular flexibility index (Phi) is 5.37. The van der Waals surface area contributed by atoms with Gasteiger partial charge in [-0.25, -0.2) is 0 Å². The van der Waals surface area contributed by atoms with Gasteiger partial charge in [-0.15, -0.1) is 0 Å². The van der Waals surface area contributed by atoms with Crippen molar-refractivity contribution in [1.82, 2.24) is 20.0 Å². The van der Waals surface area contributed by atoms with Crippen LogP contribution in [0.3, 0.4) is 0 Å². The third kappa shape index (κ3) is 3.94. The quantitative estimate of drug-likeness (QED) is 0.880. The molecule has 2 aromatic rings. The largest absolute Gasteiger partial charge is 0.345 e. The van der Waals surface area contributed by atoms with E-state index in [0.29, 0.717) is 16.9 Å². The molecule has 7 nitrogen and oxygen atoms in total. The number of anilines is 1. The van der Waals surface area contributed by atoms with Crippen molar-refractivity contribution in [3.05, 3.63) is 47.3 Å². The van der Waals surface area contributed by atoms with Crippen molar-refractivity contribution in [1.29, 1.82) is 0 Å². The molecule has 2 heterocycles. The van der Waals surface area contributed by atoms with Crippen LogP contribution in [0.15, 0.2) is 30.5 Å². The van der Waals surface area contributed by atoms with Crippen LogP contribution in [-0.2, 0) is 0 Å². The number of hydrogen-bond donors (Lipinski definition) is 2. The summed E-state index contributed by atoms with van der Waals surface area (Å²) >= 11 is 0. The Morgan fingerprint density at radius 2 is 2.12 bits per heavy atom. The number of aryl methyl sites for hydroxylation is 1. The lowest BCUT2D eigenvalue weighted by Gasteiger charge is -2.22. The fourth-order valence-electron chi connectivity index (χ4n) is 3.06. The molecule has 7 heteroatoms. The Bertz CT molecular complexity index is 806. The van der Waals surface area contributed by atoms with Crippen LogP contribution in [0.4, 0.5) is 5.69 Å². The van der Waals surface area contributed by atoms with Gasteiger partial charge < -0.3 is 15.5 Å². The molecule has 1 aliphatic rings. The van der Waals surface area contributed by atoms with Crippen LogP contribution in [0, 0.1) is 6.92 Å². The summed E-state index contributed by atoms with van der Waals surface area (Å²) in [7, 11) is 3.40. The minimum atomic E-state index is -0.273. The number of nitrogens with one attached hydrogen (secondary N) is 2. The molecule has 1 atom stereocenters. The fraction of sp³-hybridized carbons (Fsp3) is 0.421. The summed E-state index contributed by atoms with van der Waals surface area (Å²) in [5.74, 6) is -0.375. The lowest BCUT2D eigenvalue weighted by atomic mass is 10.1. The molecular weight excluding hydrogens is 330 g/mol. The van der Waals surface area contributed by atoms with Crippen LogP contribution in [0.2, 0.25) is 0 Å². The Balaban J connectivity index is 1.74. The van der Waals surface area contributed by atoms with Gasteiger partial charge in [0.1, 0.15) is 0 Å². The van der Waals surface area contributed by atoms with Crippen LogP contribution in [-0.4, -0.2) is 53.7 Å².